The predicted molar refractivity (Wildman–Crippen MR) is 109 cm³/mol. The van der Waals surface area contributed by atoms with Crippen LogP contribution in [-0.2, 0) is 4.79 Å². The summed E-state index contributed by atoms with van der Waals surface area (Å²) in [5, 5.41) is 15.1. The molecule has 2 N–H and O–H groups in total. The largest absolute Gasteiger partial charge is 0.494 e. The Morgan fingerprint density at radius 3 is 2.03 bits per heavy atom. The molecule has 1 aliphatic rings. The number of nitriles is 1. The smallest absolute Gasteiger partial charge is 0.255 e. The van der Waals surface area contributed by atoms with Gasteiger partial charge in [-0.15, -0.1) is 0 Å². The van der Waals surface area contributed by atoms with E-state index in [2.05, 4.69) is 16.7 Å². The molecule has 7 nitrogen and oxygen atoms in total. The molecule has 2 aromatic carbocycles. The number of benzene rings is 2. The maximum absolute atomic E-state index is 12.8. The number of carbonyl (C=O) groups is 2. The van der Waals surface area contributed by atoms with Gasteiger partial charge >= 0.3 is 0 Å². The van der Waals surface area contributed by atoms with Crippen LogP contribution in [0, 0.1) is 16.7 Å². The van der Waals surface area contributed by atoms with Crippen molar-refractivity contribution in [3.8, 4) is 17.6 Å². The highest BCUT2D eigenvalue weighted by Gasteiger charge is 2.41. The number of anilines is 2. The molecule has 29 heavy (non-hydrogen) atoms. The third-order valence-corrected chi connectivity index (χ3v) is 5.16. The molecule has 150 valence electrons. The number of hydrogen-bond acceptors (Lipinski definition) is 5. The number of rotatable bonds is 6. The average molecular weight is 393 g/mol. The molecule has 1 fully saturated rings. The highest BCUT2D eigenvalue weighted by Crippen LogP contribution is 2.41. The van der Waals surface area contributed by atoms with Crippen molar-refractivity contribution >= 4 is 23.2 Å². The Kier molecular flexibility index (Phi) is 6.03. The van der Waals surface area contributed by atoms with Crippen molar-refractivity contribution in [2.75, 3.05) is 24.9 Å². The van der Waals surface area contributed by atoms with Gasteiger partial charge in [-0.3, -0.25) is 9.59 Å². The molecule has 0 aromatic heterocycles. The molecule has 3 rings (SSSR count). The molecular weight excluding hydrogens is 370 g/mol. The fourth-order valence-electron chi connectivity index (χ4n) is 3.49. The van der Waals surface area contributed by atoms with Crippen LogP contribution in [0.2, 0.25) is 0 Å². The van der Waals surface area contributed by atoms with Gasteiger partial charge < -0.3 is 20.1 Å². The molecule has 0 atom stereocenters. The maximum Gasteiger partial charge on any atom is 0.255 e. The quantitative estimate of drug-likeness (QED) is 0.773. The second kappa shape index (κ2) is 8.65. The molecule has 7 heteroatoms. The van der Waals surface area contributed by atoms with E-state index in [0.717, 1.165) is 12.8 Å². The van der Waals surface area contributed by atoms with Gasteiger partial charge in [-0.1, -0.05) is 31.0 Å². The molecular formula is C22H23N3O4. The SMILES string of the molecule is COc1cc(NC(=O)C2(C#N)CCCC2)c(OC)cc1NC(=O)c1ccccc1. The zero-order valence-electron chi connectivity index (χ0n) is 16.5. The molecule has 2 amide bonds. The van der Waals surface area contributed by atoms with Gasteiger partial charge in [0.05, 0.1) is 31.7 Å². The van der Waals surface area contributed by atoms with E-state index in [9.17, 15) is 14.9 Å². The van der Waals surface area contributed by atoms with Crippen molar-refractivity contribution < 1.29 is 19.1 Å². The van der Waals surface area contributed by atoms with Gasteiger partial charge in [-0.25, -0.2) is 0 Å². The van der Waals surface area contributed by atoms with E-state index >= 15 is 0 Å². The number of amides is 2. The second-order valence-corrected chi connectivity index (χ2v) is 6.93. The Hall–Kier alpha value is -3.53. The third kappa shape index (κ3) is 4.16. The van der Waals surface area contributed by atoms with Crippen LogP contribution in [0.1, 0.15) is 36.0 Å². The van der Waals surface area contributed by atoms with E-state index in [1.807, 2.05) is 6.07 Å². The van der Waals surface area contributed by atoms with Crippen LogP contribution in [0.5, 0.6) is 11.5 Å². The topological polar surface area (TPSA) is 100 Å². The van der Waals surface area contributed by atoms with Gasteiger partial charge in [-0.2, -0.15) is 5.26 Å². The molecule has 1 aliphatic carbocycles. The summed E-state index contributed by atoms with van der Waals surface area (Å²) in [6.07, 6.45) is 2.79. The number of methoxy groups -OCH3 is 2. The lowest BCUT2D eigenvalue weighted by atomic mass is 9.87. The van der Waals surface area contributed by atoms with Crippen LogP contribution in [0.4, 0.5) is 11.4 Å². The first-order valence-electron chi connectivity index (χ1n) is 9.38. The molecule has 0 saturated heterocycles. The standard InChI is InChI=1S/C22H23N3O4/c1-28-18-13-17(25-21(27)22(14-23)10-6-7-11-22)19(29-2)12-16(18)24-20(26)15-8-4-3-5-9-15/h3-5,8-9,12-13H,6-7,10-11H2,1-2H3,(H,24,26)(H,25,27). The van der Waals surface area contributed by atoms with Crippen LogP contribution in [0.3, 0.4) is 0 Å². The van der Waals surface area contributed by atoms with E-state index in [1.54, 1.807) is 36.4 Å². The first-order chi connectivity index (χ1) is 14.0. The molecule has 0 aliphatic heterocycles. The summed E-state index contributed by atoms with van der Waals surface area (Å²) in [6, 6.07) is 14.1. The Morgan fingerprint density at radius 1 is 0.966 bits per heavy atom. The van der Waals surface area contributed by atoms with Gasteiger partial charge in [-0.05, 0) is 25.0 Å². The maximum atomic E-state index is 12.8. The fraction of sp³-hybridized carbons (Fsp3) is 0.318. The van der Waals surface area contributed by atoms with Gasteiger partial charge in [0.25, 0.3) is 5.91 Å². The Bertz CT molecular complexity index is 945. The monoisotopic (exact) mass is 393 g/mol. The zero-order chi connectivity index (χ0) is 20.9. The van der Waals surface area contributed by atoms with E-state index in [4.69, 9.17) is 9.47 Å². The van der Waals surface area contributed by atoms with Crippen molar-refractivity contribution in [1.29, 1.82) is 5.26 Å². The lowest BCUT2D eigenvalue weighted by molar-refractivity contribution is -0.122. The third-order valence-electron chi connectivity index (χ3n) is 5.16. The van der Waals surface area contributed by atoms with E-state index < -0.39 is 5.41 Å². The highest BCUT2D eigenvalue weighted by atomic mass is 16.5. The Labute approximate surface area is 169 Å². The van der Waals surface area contributed by atoms with Crippen molar-refractivity contribution in [1.82, 2.24) is 0 Å². The van der Waals surface area contributed by atoms with E-state index in [-0.39, 0.29) is 11.8 Å². The lowest BCUT2D eigenvalue weighted by Crippen LogP contribution is -2.32. The van der Waals surface area contributed by atoms with Gasteiger partial charge in [0, 0.05) is 17.7 Å². The van der Waals surface area contributed by atoms with Crippen LogP contribution < -0.4 is 20.1 Å². The summed E-state index contributed by atoms with van der Waals surface area (Å²) in [5.41, 5.74) is 0.280. The summed E-state index contributed by atoms with van der Waals surface area (Å²) in [5.74, 6) is 0.0764. The highest BCUT2D eigenvalue weighted by molar-refractivity contribution is 6.06. The minimum atomic E-state index is -1.02. The molecule has 0 heterocycles. The number of nitrogens with zero attached hydrogens (tertiary/aromatic N) is 1. The molecule has 0 bridgehead atoms. The summed E-state index contributed by atoms with van der Waals surface area (Å²) >= 11 is 0. The lowest BCUT2D eigenvalue weighted by Gasteiger charge is -2.21. The second-order valence-electron chi connectivity index (χ2n) is 6.93. The normalized spacial score (nSPS) is 14.5. The summed E-state index contributed by atoms with van der Waals surface area (Å²) in [4.78, 5) is 25.3. The first-order valence-corrected chi connectivity index (χ1v) is 9.38. The number of carbonyl (C=O) groups excluding carboxylic acids is 2. The number of ether oxygens (including phenoxy) is 2. The van der Waals surface area contributed by atoms with Crippen molar-refractivity contribution in [3.05, 3.63) is 48.0 Å². The minimum absolute atomic E-state index is 0.294. The van der Waals surface area contributed by atoms with E-state index in [0.29, 0.717) is 41.3 Å². The number of nitrogens with one attached hydrogen (secondary N) is 2. The average Bonchev–Trinajstić information content (AvgIpc) is 3.25. The minimum Gasteiger partial charge on any atom is -0.494 e. The van der Waals surface area contributed by atoms with E-state index in [1.165, 1.54) is 14.2 Å². The summed E-state index contributed by atoms with van der Waals surface area (Å²) in [7, 11) is 2.94. The van der Waals surface area contributed by atoms with Crippen molar-refractivity contribution in [3.63, 3.8) is 0 Å². The van der Waals surface area contributed by atoms with Gasteiger partial charge in [0.1, 0.15) is 16.9 Å². The first kappa shape index (κ1) is 20.2. The summed E-state index contributed by atoms with van der Waals surface area (Å²) in [6.45, 7) is 0. The Balaban J connectivity index is 1.87. The molecule has 2 aromatic rings. The summed E-state index contributed by atoms with van der Waals surface area (Å²) < 4.78 is 10.8. The van der Waals surface area contributed by atoms with Crippen LogP contribution in [0.25, 0.3) is 0 Å². The van der Waals surface area contributed by atoms with Crippen LogP contribution in [0.15, 0.2) is 42.5 Å². The fourth-order valence-corrected chi connectivity index (χ4v) is 3.49. The van der Waals surface area contributed by atoms with Crippen LogP contribution >= 0.6 is 0 Å². The number of hydrogen-bond donors (Lipinski definition) is 2. The van der Waals surface area contributed by atoms with Gasteiger partial charge in [0.2, 0.25) is 5.91 Å². The van der Waals surface area contributed by atoms with Crippen LogP contribution in [-0.4, -0.2) is 26.0 Å². The van der Waals surface area contributed by atoms with Gasteiger partial charge in [0.15, 0.2) is 0 Å². The van der Waals surface area contributed by atoms with Crippen molar-refractivity contribution in [2.24, 2.45) is 5.41 Å². The molecule has 0 spiro atoms. The zero-order valence-corrected chi connectivity index (χ0v) is 16.5. The molecule has 1 saturated carbocycles. The molecule has 0 radical (unpaired) electrons. The van der Waals surface area contributed by atoms with Crippen molar-refractivity contribution in [2.45, 2.75) is 25.7 Å². The molecule has 0 unspecified atom stereocenters. The Morgan fingerprint density at radius 2 is 1.52 bits per heavy atom. The predicted octanol–water partition coefficient (Wildman–Crippen LogP) is 3.98.